The van der Waals surface area contributed by atoms with E-state index in [9.17, 15) is 9.90 Å². The summed E-state index contributed by atoms with van der Waals surface area (Å²) in [5, 5.41) is 25.9. The van der Waals surface area contributed by atoms with E-state index in [1.54, 1.807) is 0 Å². The van der Waals surface area contributed by atoms with E-state index in [-0.39, 0.29) is 64.9 Å². The van der Waals surface area contributed by atoms with Crippen molar-refractivity contribution in [3.05, 3.63) is 0 Å². The monoisotopic (exact) mass is 928 g/mol. The second-order valence-corrected chi connectivity index (χ2v) is 18.9. The molecule has 0 aliphatic heterocycles. The third-order valence-corrected chi connectivity index (χ3v) is 13.0. The average Bonchev–Trinajstić information content (AvgIpc) is 3.21. The number of nitrogens with two attached hydrogens (primary N) is 1. The van der Waals surface area contributed by atoms with Crippen molar-refractivity contribution in [1.82, 2.24) is 0 Å². The maximum Gasteiger partial charge on any atom is 3.00 e. The third-order valence-electron chi connectivity index (χ3n) is 12.6. The number of carboxylic acid groups (broad SMARTS) is 1. The summed E-state index contributed by atoms with van der Waals surface area (Å²) >= 11 is 4.77. The fourth-order valence-electron chi connectivity index (χ4n) is 8.44. The summed E-state index contributed by atoms with van der Waals surface area (Å²) in [5.41, 5.74) is 7.36. The molecule has 358 valence electrons. The molecule has 5 nitrogen and oxygen atoms in total. The first-order valence-electron chi connectivity index (χ1n) is 26.2. The second-order valence-electron chi connectivity index (χ2n) is 18.6. The van der Waals surface area contributed by atoms with Gasteiger partial charge in [0, 0.05) is 5.54 Å². The van der Waals surface area contributed by atoms with Crippen LogP contribution < -0.4 is 52.8 Å². The van der Waals surface area contributed by atoms with Crippen molar-refractivity contribution >= 4 is 34.9 Å². The Morgan fingerprint density at radius 3 is 0.672 bits per heavy atom. The normalized spacial score (nSPS) is 11.3. The maximum atomic E-state index is 9.56. The van der Waals surface area contributed by atoms with Gasteiger partial charge in [0.2, 0.25) is 5.79 Å². The fraction of sp³-hybridized carbons (Fsp3) is 0.981. The Bertz CT molecular complexity index is 735. The molecule has 0 rings (SSSR count). The molecule has 0 aliphatic rings. The summed E-state index contributed by atoms with van der Waals surface area (Å²) in [4.78, 5) is 9.56. The summed E-state index contributed by atoms with van der Waals surface area (Å²) in [7, 11) is 0. The van der Waals surface area contributed by atoms with Gasteiger partial charge in [0.1, 0.15) is 5.97 Å². The molecule has 0 heterocycles. The molecule has 0 aromatic carbocycles. The summed E-state index contributed by atoms with van der Waals surface area (Å²) in [6.45, 7) is 6.94. The number of hydrogen-bond donors (Lipinski definition) is 3. The predicted octanol–water partition coefficient (Wildman–Crippen LogP) is 9.58. The molecule has 0 saturated heterocycles. The minimum absolute atomic E-state index is 0. The average molecular weight is 929 g/mol. The molecule has 0 amide bonds. The molecular formula is C52H105AlCl2NNaO4+2. The van der Waals surface area contributed by atoms with Crippen LogP contribution in [-0.4, -0.2) is 50.7 Å². The summed E-state index contributed by atoms with van der Waals surface area (Å²) in [6.07, 6.45) is 64.4. The first-order valence-corrected chi connectivity index (χ1v) is 26.7. The van der Waals surface area contributed by atoms with E-state index in [0.29, 0.717) is 0 Å². The van der Waals surface area contributed by atoms with E-state index in [1.165, 1.54) is 289 Å². The number of aliphatic carboxylic acids is 1. The van der Waals surface area contributed by atoms with Crippen LogP contribution in [0.3, 0.4) is 0 Å². The number of alkyl halides is 1. The number of halogens is 2. The number of carbonyl (C=O) groups is 1. The van der Waals surface area contributed by atoms with Crippen LogP contribution in [0.2, 0.25) is 0 Å². The first-order chi connectivity index (χ1) is 28.2. The molecule has 0 atom stereocenters. The topological polar surface area (TPSA) is 107 Å². The number of carbonyl (C=O) groups excluding carboxylic acids is 1. The Morgan fingerprint density at radius 1 is 0.410 bits per heavy atom. The van der Waals surface area contributed by atoms with E-state index in [2.05, 4.69) is 20.8 Å². The molecule has 0 saturated carbocycles. The first kappa shape index (κ1) is 71.5. The summed E-state index contributed by atoms with van der Waals surface area (Å²) in [6, 6.07) is 0. The molecule has 4 N–H and O–H groups in total. The smallest absolute Gasteiger partial charge is 1.00 e. The zero-order valence-corrected chi connectivity index (χ0v) is 46.3. The van der Waals surface area contributed by atoms with Crippen LogP contribution in [0.15, 0.2) is 0 Å². The molecular weight excluding hydrogens is 823 g/mol. The van der Waals surface area contributed by atoms with Gasteiger partial charge in [0.05, 0.1) is 5.88 Å². The number of aliphatic hydroxyl groups is 2. The Morgan fingerprint density at radius 2 is 0.557 bits per heavy atom. The quantitative estimate of drug-likeness (QED) is 0.0244. The molecule has 0 aliphatic carbocycles. The zero-order valence-electron chi connectivity index (χ0n) is 41.6. The van der Waals surface area contributed by atoms with Crippen molar-refractivity contribution in [3.63, 3.8) is 0 Å². The van der Waals surface area contributed by atoms with E-state index in [1.807, 2.05) is 0 Å². The molecule has 0 aromatic rings. The number of unbranched alkanes of at least 4 members (excludes halogenated alkanes) is 39. The number of carboxylic acids is 1. The van der Waals surface area contributed by atoms with Crippen molar-refractivity contribution in [2.24, 2.45) is 5.73 Å². The molecule has 0 radical (unpaired) electrons. The van der Waals surface area contributed by atoms with Gasteiger partial charge < -0.3 is 38.3 Å². The van der Waals surface area contributed by atoms with Crippen molar-refractivity contribution < 1.29 is 62.1 Å². The molecule has 0 spiro atoms. The van der Waals surface area contributed by atoms with Gasteiger partial charge in [0.25, 0.3) is 0 Å². The van der Waals surface area contributed by atoms with Gasteiger partial charge in [-0.3, -0.25) is 0 Å². The van der Waals surface area contributed by atoms with Crippen LogP contribution in [0, 0.1) is 0 Å². The van der Waals surface area contributed by atoms with E-state index in [0.717, 1.165) is 0 Å². The number of hydrogen-bond acceptors (Lipinski definition) is 5. The summed E-state index contributed by atoms with van der Waals surface area (Å²) < 4.78 is 0. The van der Waals surface area contributed by atoms with Crippen LogP contribution in [0.4, 0.5) is 0 Å². The largest absolute Gasteiger partial charge is 3.00 e. The van der Waals surface area contributed by atoms with Crippen molar-refractivity contribution in [2.75, 3.05) is 5.88 Å². The molecule has 61 heavy (non-hydrogen) atoms. The zero-order chi connectivity index (χ0) is 43.1. The van der Waals surface area contributed by atoms with Gasteiger partial charge in [-0.2, -0.15) is 0 Å². The van der Waals surface area contributed by atoms with Crippen LogP contribution in [0.5, 0.6) is 0 Å². The Hall–Kier alpha value is 1.46. The molecule has 0 bridgehead atoms. The SMILES string of the molecule is CCCCCCCCCCCCCCCCC(N)(CCCCCCCCCCCCCCCC)CCCCCCCCCCCCCCCC.O=C([O-])C(O)(O)CCl.[Al+3].[Cl-].[Na+]. The van der Waals surface area contributed by atoms with Crippen molar-refractivity contribution in [3.8, 4) is 0 Å². The van der Waals surface area contributed by atoms with Crippen LogP contribution in [0.25, 0.3) is 0 Å². The van der Waals surface area contributed by atoms with Gasteiger partial charge in [0.15, 0.2) is 0 Å². The van der Waals surface area contributed by atoms with Crippen molar-refractivity contribution in [1.29, 1.82) is 0 Å². The molecule has 0 unspecified atom stereocenters. The minimum Gasteiger partial charge on any atom is -1.00 e. The fourth-order valence-corrected chi connectivity index (χ4v) is 8.55. The Balaban J connectivity index is -0.000000856. The minimum atomic E-state index is -2.89. The van der Waals surface area contributed by atoms with Crippen molar-refractivity contribution in [2.45, 2.75) is 321 Å². The molecule has 0 fully saturated rings. The third kappa shape index (κ3) is 57.5. The van der Waals surface area contributed by atoms with Crippen LogP contribution >= 0.6 is 11.6 Å². The van der Waals surface area contributed by atoms with E-state index < -0.39 is 17.6 Å². The summed E-state index contributed by atoms with van der Waals surface area (Å²) in [5.74, 6) is -5.68. The van der Waals surface area contributed by atoms with Gasteiger partial charge in [-0.05, 0) is 19.3 Å². The van der Waals surface area contributed by atoms with Gasteiger partial charge in [-0.15, -0.1) is 11.6 Å². The second kappa shape index (κ2) is 57.6. The van der Waals surface area contributed by atoms with Gasteiger partial charge in [-0.1, -0.05) is 290 Å². The Labute approximate surface area is 426 Å². The molecule has 9 heteroatoms. The standard InChI is InChI=1S/C49H101N.C3H5ClO4.Al.ClH.Na/c1-4-7-10-13-16-19-22-25-28-31-34-37-40-43-46-49(50,47-44-41-38-35-32-29-26-23-20-17-14-11-8-5-2)48-45-42-39-36-33-30-27-24-21-18-15-12-9-6-3;4-1-3(7,8)2(5)6;;;/h4-48,50H2,1-3H3;7-8H,1H2,(H,5,6);;1H;/q;;+3;;+1/p-2. The maximum absolute atomic E-state index is 9.56. The van der Waals surface area contributed by atoms with Crippen LogP contribution in [0.1, 0.15) is 310 Å². The van der Waals surface area contributed by atoms with Crippen LogP contribution in [-0.2, 0) is 4.79 Å². The predicted molar refractivity (Wildman–Crippen MR) is 260 cm³/mol. The van der Waals surface area contributed by atoms with E-state index in [4.69, 9.17) is 27.5 Å². The Kier molecular flexibility index (Phi) is 67.5. The molecule has 0 aromatic heterocycles. The van der Waals surface area contributed by atoms with Gasteiger partial charge >= 0.3 is 46.9 Å². The van der Waals surface area contributed by atoms with E-state index >= 15 is 0 Å². The van der Waals surface area contributed by atoms with Gasteiger partial charge in [-0.25, -0.2) is 0 Å². The number of rotatable bonds is 47.